The van der Waals surface area contributed by atoms with Crippen molar-refractivity contribution in [2.45, 2.75) is 37.6 Å². The van der Waals surface area contributed by atoms with Crippen molar-refractivity contribution in [2.24, 2.45) is 5.92 Å². The van der Waals surface area contributed by atoms with Crippen LogP contribution in [0.1, 0.15) is 26.7 Å². The van der Waals surface area contributed by atoms with Gasteiger partial charge in [0.2, 0.25) is 10.0 Å². The third kappa shape index (κ3) is 4.02. The predicted octanol–water partition coefficient (Wildman–Crippen LogP) is 1.86. The molecule has 6 nitrogen and oxygen atoms in total. The zero-order valence-electron chi connectivity index (χ0n) is 14.3. The monoisotopic (exact) mass is 354 g/mol. The highest BCUT2D eigenvalue weighted by atomic mass is 32.2. The zero-order valence-corrected chi connectivity index (χ0v) is 15.1. The standard InChI is InChI=1S/C17H26N2O4S/c1-13-5-7-19(8-6-13)14(2)12-18-24(20,21)15-3-4-16-17(11-15)23-10-9-22-16/h3-4,11,13-14,18H,5-10,12H2,1-2H3. The molecule has 0 aromatic heterocycles. The molecule has 2 aliphatic rings. The summed E-state index contributed by atoms with van der Waals surface area (Å²) in [7, 11) is -3.55. The highest BCUT2D eigenvalue weighted by molar-refractivity contribution is 7.89. The molecule has 1 saturated heterocycles. The van der Waals surface area contributed by atoms with Crippen molar-refractivity contribution in [1.29, 1.82) is 0 Å². The maximum Gasteiger partial charge on any atom is 0.240 e. The van der Waals surface area contributed by atoms with Crippen LogP contribution < -0.4 is 14.2 Å². The molecule has 1 N–H and O–H groups in total. The molecule has 1 aromatic rings. The summed E-state index contributed by atoms with van der Waals surface area (Å²) in [6, 6.07) is 4.93. The first-order chi connectivity index (χ1) is 11.5. The van der Waals surface area contributed by atoms with Crippen LogP contribution in [0, 0.1) is 5.92 Å². The van der Waals surface area contributed by atoms with Gasteiger partial charge >= 0.3 is 0 Å². The average molecular weight is 354 g/mol. The smallest absolute Gasteiger partial charge is 0.240 e. The van der Waals surface area contributed by atoms with Gasteiger partial charge in [0.1, 0.15) is 13.2 Å². The molecular formula is C17H26N2O4S. The van der Waals surface area contributed by atoms with Crippen LogP contribution in [0.2, 0.25) is 0 Å². The Bertz CT molecular complexity index is 669. The highest BCUT2D eigenvalue weighted by Gasteiger charge is 2.23. The summed E-state index contributed by atoms with van der Waals surface area (Å²) < 4.78 is 38.7. The van der Waals surface area contributed by atoms with Crippen molar-refractivity contribution < 1.29 is 17.9 Å². The summed E-state index contributed by atoms with van der Waals surface area (Å²) >= 11 is 0. The van der Waals surface area contributed by atoms with Gasteiger partial charge in [-0.25, -0.2) is 13.1 Å². The van der Waals surface area contributed by atoms with E-state index in [1.165, 1.54) is 18.9 Å². The van der Waals surface area contributed by atoms with E-state index >= 15 is 0 Å². The maximum absolute atomic E-state index is 12.5. The fourth-order valence-electron chi connectivity index (χ4n) is 3.10. The Morgan fingerprint density at radius 3 is 2.58 bits per heavy atom. The number of fused-ring (bicyclic) bond motifs is 1. The Kier molecular flexibility index (Phi) is 5.32. The molecule has 0 saturated carbocycles. The summed E-state index contributed by atoms with van der Waals surface area (Å²) in [5, 5.41) is 0. The first-order valence-corrected chi connectivity index (χ1v) is 10.1. The normalized spacial score (nSPS) is 20.8. The molecule has 1 fully saturated rings. The number of likely N-dealkylation sites (tertiary alicyclic amines) is 1. The second kappa shape index (κ2) is 7.29. The summed E-state index contributed by atoms with van der Waals surface area (Å²) in [4.78, 5) is 2.57. The van der Waals surface area contributed by atoms with Crippen LogP contribution in [0.15, 0.2) is 23.1 Å². The Balaban J connectivity index is 1.61. The fourth-order valence-corrected chi connectivity index (χ4v) is 4.24. The summed E-state index contributed by atoms with van der Waals surface area (Å²) in [5.74, 6) is 1.85. The van der Waals surface area contributed by atoms with E-state index in [1.807, 2.05) is 0 Å². The lowest BCUT2D eigenvalue weighted by Crippen LogP contribution is -2.45. The molecule has 0 bridgehead atoms. The lowest BCUT2D eigenvalue weighted by Gasteiger charge is -2.34. The molecule has 1 aromatic carbocycles. The maximum atomic E-state index is 12.5. The average Bonchev–Trinajstić information content (AvgIpc) is 2.60. The summed E-state index contributed by atoms with van der Waals surface area (Å²) in [6.45, 7) is 7.75. The van der Waals surface area contributed by atoms with Gasteiger partial charge in [-0.2, -0.15) is 0 Å². The highest BCUT2D eigenvalue weighted by Crippen LogP contribution is 2.32. The molecule has 0 aliphatic carbocycles. The molecule has 2 aliphatic heterocycles. The fraction of sp³-hybridized carbons (Fsp3) is 0.647. The topological polar surface area (TPSA) is 67.9 Å². The number of sulfonamides is 1. The van der Waals surface area contributed by atoms with Gasteiger partial charge in [0.05, 0.1) is 4.90 Å². The molecule has 7 heteroatoms. The van der Waals surface area contributed by atoms with Gasteiger partial charge in [0.15, 0.2) is 11.5 Å². The third-order valence-electron chi connectivity index (χ3n) is 4.83. The van der Waals surface area contributed by atoms with E-state index in [0.29, 0.717) is 31.3 Å². The quantitative estimate of drug-likeness (QED) is 0.874. The molecular weight excluding hydrogens is 328 g/mol. The molecule has 0 amide bonds. The van der Waals surface area contributed by atoms with Gasteiger partial charge in [0, 0.05) is 18.7 Å². The van der Waals surface area contributed by atoms with Crippen LogP contribution >= 0.6 is 0 Å². The van der Waals surface area contributed by atoms with Gasteiger partial charge < -0.3 is 9.47 Å². The molecule has 1 atom stereocenters. The van der Waals surface area contributed by atoms with E-state index in [1.54, 1.807) is 12.1 Å². The van der Waals surface area contributed by atoms with Crippen LogP contribution in [-0.4, -0.2) is 52.2 Å². The Labute approximate surface area is 144 Å². The minimum atomic E-state index is -3.55. The van der Waals surface area contributed by atoms with Crippen molar-refractivity contribution in [3.63, 3.8) is 0 Å². The first-order valence-electron chi connectivity index (χ1n) is 8.59. The van der Waals surface area contributed by atoms with Gasteiger partial charge in [0.25, 0.3) is 0 Å². The van der Waals surface area contributed by atoms with Gasteiger partial charge in [-0.05, 0) is 50.9 Å². The molecule has 24 heavy (non-hydrogen) atoms. The number of hydrogen-bond donors (Lipinski definition) is 1. The van der Waals surface area contributed by atoms with E-state index < -0.39 is 10.0 Å². The van der Waals surface area contributed by atoms with E-state index in [-0.39, 0.29) is 10.9 Å². The van der Waals surface area contributed by atoms with Crippen LogP contribution in [0.4, 0.5) is 0 Å². The zero-order chi connectivity index (χ0) is 17.2. The number of hydrogen-bond acceptors (Lipinski definition) is 5. The summed E-state index contributed by atoms with van der Waals surface area (Å²) in [5.41, 5.74) is 0. The number of nitrogens with one attached hydrogen (secondary N) is 1. The van der Waals surface area contributed by atoms with Crippen LogP contribution in [0.5, 0.6) is 11.5 Å². The second-order valence-corrected chi connectivity index (χ2v) is 8.49. The van der Waals surface area contributed by atoms with Gasteiger partial charge in [-0.3, -0.25) is 4.90 Å². The minimum absolute atomic E-state index is 0.185. The first kappa shape index (κ1) is 17.5. The molecule has 1 unspecified atom stereocenters. The molecule has 3 rings (SSSR count). The minimum Gasteiger partial charge on any atom is -0.486 e. The van der Waals surface area contributed by atoms with Crippen molar-refractivity contribution in [3.05, 3.63) is 18.2 Å². The molecule has 0 spiro atoms. The third-order valence-corrected chi connectivity index (χ3v) is 6.26. The lowest BCUT2D eigenvalue weighted by molar-refractivity contribution is 0.148. The largest absolute Gasteiger partial charge is 0.486 e. The second-order valence-electron chi connectivity index (χ2n) is 6.72. The Hall–Kier alpha value is -1.31. The van der Waals surface area contributed by atoms with Crippen LogP contribution in [-0.2, 0) is 10.0 Å². The number of rotatable bonds is 5. The Morgan fingerprint density at radius 2 is 1.88 bits per heavy atom. The SMILES string of the molecule is CC1CCN(C(C)CNS(=O)(=O)c2ccc3c(c2)OCCO3)CC1. The van der Waals surface area contributed by atoms with Crippen LogP contribution in [0.25, 0.3) is 0 Å². The van der Waals surface area contributed by atoms with Gasteiger partial charge in [-0.15, -0.1) is 0 Å². The molecule has 134 valence electrons. The molecule has 0 radical (unpaired) electrons. The van der Waals surface area contributed by atoms with E-state index in [4.69, 9.17) is 9.47 Å². The van der Waals surface area contributed by atoms with Crippen molar-refractivity contribution in [2.75, 3.05) is 32.8 Å². The number of ether oxygens (including phenoxy) is 2. The van der Waals surface area contributed by atoms with Crippen LogP contribution in [0.3, 0.4) is 0 Å². The Morgan fingerprint density at radius 1 is 1.21 bits per heavy atom. The van der Waals surface area contributed by atoms with Crippen molar-refractivity contribution in [3.8, 4) is 11.5 Å². The number of benzene rings is 1. The summed E-state index contributed by atoms with van der Waals surface area (Å²) in [6.07, 6.45) is 2.36. The molecule has 2 heterocycles. The number of nitrogens with zero attached hydrogens (tertiary/aromatic N) is 1. The van der Waals surface area contributed by atoms with Crippen molar-refractivity contribution in [1.82, 2.24) is 9.62 Å². The van der Waals surface area contributed by atoms with E-state index in [2.05, 4.69) is 23.5 Å². The van der Waals surface area contributed by atoms with Crippen molar-refractivity contribution >= 4 is 10.0 Å². The predicted molar refractivity (Wildman–Crippen MR) is 92.1 cm³/mol. The number of piperidine rings is 1. The van der Waals surface area contributed by atoms with Gasteiger partial charge in [-0.1, -0.05) is 6.92 Å². The van der Waals surface area contributed by atoms with E-state index in [9.17, 15) is 8.42 Å². The van der Waals surface area contributed by atoms with E-state index in [0.717, 1.165) is 19.0 Å². The lowest BCUT2D eigenvalue weighted by atomic mass is 9.98.